The average molecular weight is 301 g/mol. The van der Waals surface area contributed by atoms with E-state index in [1.807, 2.05) is 0 Å². The van der Waals surface area contributed by atoms with E-state index in [1.54, 1.807) is 6.92 Å². The van der Waals surface area contributed by atoms with Crippen LogP contribution in [0.4, 0.5) is 4.39 Å². The number of nitrogens with one attached hydrogen (secondary N) is 1. The van der Waals surface area contributed by atoms with E-state index in [9.17, 15) is 18.2 Å². The zero-order valence-corrected chi connectivity index (χ0v) is 12.0. The van der Waals surface area contributed by atoms with Crippen LogP contribution in [0.3, 0.4) is 0 Å². The summed E-state index contributed by atoms with van der Waals surface area (Å²) in [7, 11) is -1.47. The van der Waals surface area contributed by atoms with Crippen molar-refractivity contribution in [3.63, 3.8) is 0 Å². The quantitative estimate of drug-likeness (QED) is 0.820. The standard InChI is InChI=1S/C13H16FNO4S/c1-8-5-11(14)4-3-10(8)6-20(19)7-12(13(17)18)15-9(2)16/h3-5,12H,6-7H2,1-2H3,(H,15,16)(H,17,18). The van der Waals surface area contributed by atoms with Crippen LogP contribution in [-0.4, -0.2) is 33.0 Å². The number of carboxylic acids is 1. The molecule has 0 aromatic heterocycles. The Bertz CT molecular complexity index is 547. The number of carboxylic acid groups (broad SMARTS) is 1. The van der Waals surface area contributed by atoms with E-state index >= 15 is 0 Å². The summed E-state index contributed by atoms with van der Waals surface area (Å²) in [4.78, 5) is 21.8. The first-order chi connectivity index (χ1) is 9.29. The van der Waals surface area contributed by atoms with Gasteiger partial charge in [0.1, 0.15) is 11.9 Å². The molecule has 0 spiro atoms. The Labute approximate surface area is 118 Å². The van der Waals surface area contributed by atoms with Gasteiger partial charge < -0.3 is 10.4 Å². The molecule has 0 aliphatic rings. The number of amides is 1. The molecular weight excluding hydrogens is 285 g/mol. The van der Waals surface area contributed by atoms with Gasteiger partial charge in [-0.3, -0.25) is 9.00 Å². The van der Waals surface area contributed by atoms with Crippen LogP contribution in [0.1, 0.15) is 18.1 Å². The number of aliphatic carboxylic acids is 1. The van der Waals surface area contributed by atoms with Crippen LogP contribution in [-0.2, 0) is 26.1 Å². The fourth-order valence-electron chi connectivity index (χ4n) is 1.66. The van der Waals surface area contributed by atoms with Crippen molar-refractivity contribution in [2.45, 2.75) is 25.6 Å². The molecule has 5 nitrogen and oxygen atoms in total. The molecule has 110 valence electrons. The van der Waals surface area contributed by atoms with Crippen LogP contribution in [0.15, 0.2) is 18.2 Å². The fourth-order valence-corrected chi connectivity index (χ4v) is 3.05. The summed E-state index contributed by atoms with van der Waals surface area (Å²) in [6.45, 7) is 2.89. The molecule has 0 saturated heterocycles. The molecule has 2 unspecified atom stereocenters. The van der Waals surface area contributed by atoms with Crippen molar-refractivity contribution in [1.82, 2.24) is 5.32 Å². The molecule has 1 aromatic rings. The lowest BCUT2D eigenvalue weighted by molar-refractivity contribution is -0.140. The molecule has 1 amide bonds. The van der Waals surface area contributed by atoms with Crippen LogP contribution in [0.2, 0.25) is 0 Å². The molecule has 0 aliphatic carbocycles. The maximum absolute atomic E-state index is 12.9. The van der Waals surface area contributed by atoms with E-state index in [0.717, 1.165) is 0 Å². The summed E-state index contributed by atoms with van der Waals surface area (Å²) >= 11 is 0. The molecule has 0 saturated carbocycles. The maximum Gasteiger partial charge on any atom is 0.327 e. The van der Waals surface area contributed by atoms with Gasteiger partial charge >= 0.3 is 5.97 Å². The van der Waals surface area contributed by atoms with Crippen LogP contribution in [0, 0.1) is 12.7 Å². The third kappa shape index (κ3) is 5.08. The zero-order valence-electron chi connectivity index (χ0n) is 11.2. The maximum atomic E-state index is 12.9. The molecule has 7 heteroatoms. The van der Waals surface area contributed by atoms with Gasteiger partial charge in [0.2, 0.25) is 5.91 Å². The molecule has 0 aliphatic heterocycles. The Morgan fingerprint density at radius 1 is 1.45 bits per heavy atom. The second-order valence-corrected chi connectivity index (χ2v) is 5.91. The SMILES string of the molecule is CC(=O)NC(CS(=O)Cc1ccc(F)cc1C)C(=O)O. The molecule has 0 heterocycles. The first kappa shape index (κ1) is 16.3. The number of benzene rings is 1. The van der Waals surface area contributed by atoms with Gasteiger partial charge in [0, 0.05) is 23.5 Å². The van der Waals surface area contributed by atoms with Crippen molar-refractivity contribution < 1.29 is 23.3 Å². The van der Waals surface area contributed by atoms with Crippen LogP contribution >= 0.6 is 0 Å². The van der Waals surface area contributed by atoms with E-state index in [2.05, 4.69) is 5.32 Å². The summed E-state index contributed by atoms with van der Waals surface area (Å²) in [5.74, 6) is -2.17. The van der Waals surface area contributed by atoms with Crippen molar-refractivity contribution in [3.8, 4) is 0 Å². The first-order valence-electron chi connectivity index (χ1n) is 5.89. The normalized spacial score (nSPS) is 13.6. The lowest BCUT2D eigenvalue weighted by atomic mass is 10.1. The lowest BCUT2D eigenvalue weighted by Gasteiger charge is -2.13. The molecule has 1 rings (SSSR count). The van der Waals surface area contributed by atoms with E-state index in [1.165, 1.54) is 25.1 Å². The number of hydrogen-bond donors (Lipinski definition) is 2. The summed E-state index contributed by atoms with van der Waals surface area (Å²) in [5.41, 5.74) is 1.35. The Kier molecular flexibility index (Phi) is 5.82. The number of hydrogen-bond acceptors (Lipinski definition) is 3. The molecule has 0 fully saturated rings. The Balaban J connectivity index is 2.70. The number of halogens is 1. The summed E-state index contributed by atoms with van der Waals surface area (Å²) in [6, 6.07) is 2.93. The van der Waals surface area contributed by atoms with Crippen molar-refractivity contribution in [2.24, 2.45) is 0 Å². The van der Waals surface area contributed by atoms with Gasteiger partial charge in [0.05, 0.1) is 5.75 Å². The average Bonchev–Trinajstić information content (AvgIpc) is 2.31. The minimum Gasteiger partial charge on any atom is -0.480 e. The highest BCUT2D eigenvalue weighted by molar-refractivity contribution is 7.84. The van der Waals surface area contributed by atoms with Gasteiger partial charge in [0.15, 0.2) is 0 Å². The van der Waals surface area contributed by atoms with Gasteiger partial charge in [-0.25, -0.2) is 9.18 Å². The van der Waals surface area contributed by atoms with Gasteiger partial charge in [-0.2, -0.15) is 0 Å². The Morgan fingerprint density at radius 3 is 2.60 bits per heavy atom. The molecule has 2 atom stereocenters. The van der Waals surface area contributed by atoms with Crippen molar-refractivity contribution in [1.29, 1.82) is 0 Å². The summed E-state index contributed by atoms with van der Waals surface area (Å²) < 4.78 is 24.9. The predicted octanol–water partition coefficient (Wildman–Crippen LogP) is 0.972. The number of aryl methyl sites for hydroxylation is 1. The predicted molar refractivity (Wildman–Crippen MR) is 73.1 cm³/mol. The van der Waals surface area contributed by atoms with Crippen LogP contribution in [0.5, 0.6) is 0 Å². The third-order valence-electron chi connectivity index (χ3n) is 2.65. The van der Waals surface area contributed by atoms with E-state index in [-0.39, 0.29) is 17.3 Å². The highest BCUT2D eigenvalue weighted by Gasteiger charge is 2.21. The van der Waals surface area contributed by atoms with Crippen LogP contribution in [0.25, 0.3) is 0 Å². The third-order valence-corrected chi connectivity index (χ3v) is 3.99. The molecule has 20 heavy (non-hydrogen) atoms. The second kappa shape index (κ2) is 7.14. The van der Waals surface area contributed by atoms with E-state index in [0.29, 0.717) is 11.1 Å². The minimum absolute atomic E-state index is 0.121. The highest BCUT2D eigenvalue weighted by atomic mass is 32.2. The van der Waals surface area contributed by atoms with Crippen molar-refractivity contribution in [2.75, 3.05) is 5.75 Å². The van der Waals surface area contributed by atoms with Gasteiger partial charge in [-0.15, -0.1) is 0 Å². The number of rotatable bonds is 6. The zero-order chi connectivity index (χ0) is 15.3. The summed E-state index contributed by atoms with van der Waals surface area (Å²) in [6.07, 6.45) is 0. The smallest absolute Gasteiger partial charge is 0.327 e. The number of carbonyl (C=O) groups excluding carboxylic acids is 1. The Hall–Kier alpha value is -1.76. The Morgan fingerprint density at radius 2 is 2.10 bits per heavy atom. The monoisotopic (exact) mass is 301 g/mol. The minimum atomic E-state index is -1.47. The topological polar surface area (TPSA) is 83.5 Å². The highest BCUT2D eigenvalue weighted by Crippen LogP contribution is 2.12. The number of carbonyl (C=O) groups is 2. The molecule has 0 bridgehead atoms. The van der Waals surface area contributed by atoms with Crippen molar-refractivity contribution in [3.05, 3.63) is 35.1 Å². The largest absolute Gasteiger partial charge is 0.480 e. The van der Waals surface area contributed by atoms with E-state index < -0.39 is 28.7 Å². The van der Waals surface area contributed by atoms with Crippen LogP contribution < -0.4 is 5.32 Å². The first-order valence-corrected chi connectivity index (χ1v) is 7.38. The molecule has 2 N–H and O–H groups in total. The second-order valence-electron chi connectivity index (χ2n) is 4.41. The van der Waals surface area contributed by atoms with Gasteiger partial charge in [0.25, 0.3) is 0 Å². The molecule has 1 aromatic carbocycles. The summed E-state index contributed by atoms with van der Waals surface area (Å²) in [5, 5.41) is 11.2. The van der Waals surface area contributed by atoms with Crippen molar-refractivity contribution >= 4 is 22.7 Å². The lowest BCUT2D eigenvalue weighted by Crippen LogP contribution is -2.43. The fraction of sp³-hybridized carbons (Fsp3) is 0.385. The van der Waals surface area contributed by atoms with E-state index in [4.69, 9.17) is 5.11 Å². The van der Waals surface area contributed by atoms with Gasteiger partial charge in [-0.05, 0) is 30.2 Å². The molecular formula is C13H16FNO4S. The molecule has 0 radical (unpaired) electrons. The van der Waals surface area contributed by atoms with Gasteiger partial charge in [-0.1, -0.05) is 6.07 Å².